The third-order valence-corrected chi connectivity index (χ3v) is 2.73. The van der Waals surface area contributed by atoms with E-state index in [4.69, 9.17) is 4.74 Å². The van der Waals surface area contributed by atoms with Crippen molar-refractivity contribution < 1.29 is 4.74 Å². The fourth-order valence-electron chi connectivity index (χ4n) is 1.55. The average molecular weight is 294 g/mol. The van der Waals surface area contributed by atoms with Crippen molar-refractivity contribution in [3.05, 3.63) is 22.8 Å². The Kier molecular flexibility index (Phi) is 5.36. The van der Waals surface area contributed by atoms with Crippen LogP contribution in [0.15, 0.2) is 22.8 Å². The predicted octanol–water partition coefficient (Wildman–Crippen LogP) is 2.40. The van der Waals surface area contributed by atoms with Gasteiger partial charge in [-0.1, -0.05) is 6.07 Å². The smallest absolute Gasteiger partial charge is 0.214 e. The Morgan fingerprint density at radius 3 is 3.07 bits per heavy atom. The van der Waals surface area contributed by atoms with Gasteiger partial charge in [-0.05, 0) is 41.4 Å². The highest BCUT2D eigenvalue weighted by molar-refractivity contribution is 9.10. The zero-order valence-electron chi connectivity index (χ0n) is 8.28. The Bertz CT molecular complexity index is 305. The minimum Gasteiger partial charge on any atom is -0.476 e. The number of ether oxygens (including phenoxy) is 1. The fourth-order valence-corrected chi connectivity index (χ4v) is 1.88. The largest absolute Gasteiger partial charge is 0.476 e. The molecular formula is C10H14BrClN2O. The minimum absolute atomic E-state index is 0. The number of rotatable bonds is 3. The van der Waals surface area contributed by atoms with Gasteiger partial charge in [-0.25, -0.2) is 4.98 Å². The van der Waals surface area contributed by atoms with Crippen LogP contribution in [0.4, 0.5) is 0 Å². The Morgan fingerprint density at radius 1 is 1.53 bits per heavy atom. The van der Waals surface area contributed by atoms with Crippen LogP contribution >= 0.6 is 28.3 Å². The monoisotopic (exact) mass is 292 g/mol. The maximum atomic E-state index is 5.57. The molecule has 1 atom stereocenters. The molecule has 0 bridgehead atoms. The molecule has 0 aromatic carbocycles. The number of halogens is 2. The molecule has 15 heavy (non-hydrogen) atoms. The first-order chi connectivity index (χ1) is 6.84. The van der Waals surface area contributed by atoms with Crippen molar-refractivity contribution in [2.24, 2.45) is 0 Å². The van der Waals surface area contributed by atoms with E-state index in [2.05, 4.69) is 26.2 Å². The zero-order chi connectivity index (χ0) is 9.80. The van der Waals surface area contributed by atoms with Gasteiger partial charge in [0.15, 0.2) is 0 Å². The quantitative estimate of drug-likeness (QED) is 0.869. The van der Waals surface area contributed by atoms with Gasteiger partial charge in [0.05, 0.1) is 0 Å². The van der Waals surface area contributed by atoms with E-state index < -0.39 is 0 Å². The van der Waals surface area contributed by atoms with Crippen LogP contribution in [0.3, 0.4) is 0 Å². The summed E-state index contributed by atoms with van der Waals surface area (Å²) in [6, 6.07) is 6.19. The number of aromatic nitrogens is 1. The lowest BCUT2D eigenvalue weighted by Crippen LogP contribution is -2.28. The van der Waals surface area contributed by atoms with Crippen molar-refractivity contribution in [2.75, 3.05) is 13.2 Å². The SMILES string of the molecule is Brc1cccc(OCC2CCCN2)n1.Cl. The molecule has 84 valence electrons. The van der Waals surface area contributed by atoms with E-state index in [9.17, 15) is 0 Å². The second-order valence-electron chi connectivity index (χ2n) is 3.40. The summed E-state index contributed by atoms with van der Waals surface area (Å²) in [5, 5.41) is 3.38. The maximum absolute atomic E-state index is 5.57. The van der Waals surface area contributed by atoms with Gasteiger partial charge >= 0.3 is 0 Å². The Labute approximate surface area is 104 Å². The molecule has 2 rings (SSSR count). The third kappa shape index (κ3) is 3.97. The van der Waals surface area contributed by atoms with Gasteiger partial charge < -0.3 is 10.1 Å². The maximum Gasteiger partial charge on any atom is 0.214 e. The minimum atomic E-state index is 0. The summed E-state index contributed by atoms with van der Waals surface area (Å²) >= 11 is 3.31. The molecule has 1 saturated heterocycles. The summed E-state index contributed by atoms with van der Waals surface area (Å²) in [5.41, 5.74) is 0. The average Bonchev–Trinajstić information content (AvgIpc) is 2.67. The third-order valence-electron chi connectivity index (χ3n) is 2.28. The molecule has 3 nitrogen and oxygen atoms in total. The second kappa shape index (κ2) is 6.30. The number of hydrogen-bond acceptors (Lipinski definition) is 3. The van der Waals surface area contributed by atoms with Crippen LogP contribution < -0.4 is 10.1 Å². The lowest BCUT2D eigenvalue weighted by Gasteiger charge is -2.11. The van der Waals surface area contributed by atoms with Crippen LogP contribution in [-0.2, 0) is 0 Å². The summed E-state index contributed by atoms with van der Waals surface area (Å²) in [5.74, 6) is 0.688. The standard InChI is InChI=1S/C10H13BrN2O.ClH/c11-9-4-1-5-10(13-9)14-7-8-3-2-6-12-8;/h1,4-5,8,12H,2-3,6-7H2;1H. The Hall–Kier alpha value is -0.320. The first kappa shape index (κ1) is 12.7. The summed E-state index contributed by atoms with van der Waals surface area (Å²) < 4.78 is 6.38. The molecule has 0 spiro atoms. The van der Waals surface area contributed by atoms with Gasteiger partial charge in [-0.3, -0.25) is 0 Å². The molecule has 5 heteroatoms. The van der Waals surface area contributed by atoms with E-state index in [1.807, 2.05) is 18.2 Å². The van der Waals surface area contributed by atoms with E-state index in [1.54, 1.807) is 0 Å². The molecule has 1 N–H and O–H groups in total. The highest BCUT2D eigenvalue weighted by Crippen LogP contribution is 2.13. The summed E-state index contributed by atoms with van der Waals surface area (Å²) in [4.78, 5) is 4.20. The van der Waals surface area contributed by atoms with Crippen LogP contribution in [0.2, 0.25) is 0 Å². The predicted molar refractivity (Wildman–Crippen MR) is 65.7 cm³/mol. The molecule has 0 amide bonds. The second-order valence-corrected chi connectivity index (χ2v) is 4.22. The molecule has 0 saturated carbocycles. The molecule has 1 aliphatic rings. The lowest BCUT2D eigenvalue weighted by atomic mass is 10.2. The van der Waals surface area contributed by atoms with Crippen molar-refractivity contribution in [3.8, 4) is 5.88 Å². The van der Waals surface area contributed by atoms with E-state index >= 15 is 0 Å². The van der Waals surface area contributed by atoms with Crippen LogP contribution in [0, 0.1) is 0 Å². The van der Waals surface area contributed by atoms with Crippen molar-refractivity contribution >= 4 is 28.3 Å². The van der Waals surface area contributed by atoms with Crippen LogP contribution in [0.1, 0.15) is 12.8 Å². The van der Waals surface area contributed by atoms with Gasteiger partial charge in [0.2, 0.25) is 5.88 Å². The van der Waals surface area contributed by atoms with Crippen molar-refractivity contribution in [1.29, 1.82) is 0 Å². The fraction of sp³-hybridized carbons (Fsp3) is 0.500. The van der Waals surface area contributed by atoms with Crippen LogP contribution in [-0.4, -0.2) is 24.2 Å². The molecule has 1 fully saturated rings. The lowest BCUT2D eigenvalue weighted by molar-refractivity contribution is 0.267. The molecule has 1 unspecified atom stereocenters. The molecule has 2 heterocycles. The highest BCUT2D eigenvalue weighted by Gasteiger charge is 2.14. The molecular weight excluding hydrogens is 279 g/mol. The zero-order valence-corrected chi connectivity index (χ0v) is 10.7. The van der Waals surface area contributed by atoms with Crippen molar-refractivity contribution in [1.82, 2.24) is 10.3 Å². The van der Waals surface area contributed by atoms with E-state index in [0.29, 0.717) is 18.5 Å². The number of nitrogens with one attached hydrogen (secondary N) is 1. The van der Waals surface area contributed by atoms with Gasteiger partial charge in [0.1, 0.15) is 11.2 Å². The summed E-state index contributed by atoms with van der Waals surface area (Å²) in [6.45, 7) is 1.82. The first-order valence-corrected chi connectivity index (χ1v) is 5.62. The van der Waals surface area contributed by atoms with E-state index in [-0.39, 0.29) is 12.4 Å². The van der Waals surface area contributed by atoms with E-state index in [1.165, 1.54) is 12.8 Å². The molecule has 0 aliphatic carbocycles. The van der Waals surface area contributed by atoms with Gasteiger partial charge in [-0.15, -0.1) is 12.4 Å². The first-order valence-electron chi connectivity index (χ1n) is 4.83. The summed E-state index contributed by atoms with van der Waals surface area (Å²) in [7, 11) is 0. The van der Waals surface area contributed by atoms with Crippen molar-refractivity contribution in [3.63, 3.8) is 0 Å². The molecule has 1 aromatic rings. The molecule has 1 aliphatic heterocycles. The number of nitrogens with zero attached hydrogens (tertiary/aromatic N) is 1. The number of hydrogen-bond donors (Lipinski definition) is 1. The van der Waals surface area contributed by atoms with Crippen molar-refractivity contribution in [2.45, 2.75) is 18.9 Å². The van der Waals surface area contributed by atoms with Gasteiger partial charge in [-0.2, -0.15) is 0 Å². The molecule has 0 radical (unpaired) electrons. The topological polar surface area (TPSA) is 34.1 Å². The highest BCUT2D eigenvalue weighted by atomic mass is 79.9. The van der Waals surface area contributed by atoms with Gasteiger partial charge in [0, 0.05) is 12.1 Å². The Balaban J connectivity index is 0.00000112. The number of pyridine rings is 1. The van der Waals surface area contributed by atoms with E-state index in [0.717, 1.165) is 11.1 Å². The van der Waals surface area contributed by atoms with Gasteiger partial charge in [0.25, 0.3) is 0 Å². The normalized spacial score (nSPS) is 19.7. The van der Waals surface area contributed by atoms with Crippen LogP contribution in [0.5, 0.6) is 5.88 Å². The Morgan fingerprint density at radius 2 is 2.40 bits per heavy atom. The van der Waals surface area contributed by atoms with Crippen LogP contribution in [0.25, 0.3) is 0 Å². The summed E-state index contributed by atoms with van der Waals surface area (Å²) in [6.07, 6.45) is 2.45. The molecule has 1 aromatic heterocycles.